The molecule has 162 valence electrons. The first-order valence-electron chi connectivity index (χ1n) is 9.79. The summed E-state index contributed by atoms with van der Waals surface area (Å²) in [6.07, 6.45) is 0.434. The molecule has 1 unspecified atom stereocenters. The van der Waals surface area contributed by atoms with E-state index in [9.17, 15) is 14.4 Å². The molecule has 2 aromatic carbocycles. The van der Waals surface area contributed by atoms with Crippen LogP contribution >= 0.6 is 28.1 Å². The van der Waals surface area contributed by atoms with E-state index in [-0.39, 0.29) is 30.0 Å². The SMILES string of the molecule is O=C(CC1C(=O)NCCN1C(=S)NC(=O)c1ccc(Br)cc1)OCCc1ccccc1. The van der Waals surface area contributed by atoms with Gasteiger partial charge in [-0.1, -0.05) is 46.3 Å². The lowest BCUT2D eigenvalue weighted by Gasteiger charge is -2.36. The summed E-state index contributed by atoms with van der Waals surface area (Å²) in [5.74, 6) is -1.20. The fourth-order valence-corrected chi connectivity index (χ4v) is 3.72. The predicted molar refractivity (Wildman–Crippen MR) is 123 cm³/mol. The molecule has 2 amide bonds. The summed E-state index contributed by atoms with van der Waals surface area (Å²) in [6.45, 7) is 0.974. The Morgan fingerprint density at radius 3 is 2.58 bits per heavy atom. The van der Waals surface area contributed by atoms with Crippen molar-refractivity contribution in [3.05, 3.63) is 70.2 Å². The minimum atomic E-state index is -0.837. The van der Waals surface area contributed by atoms with Crippen LogP contribution in [-0.2, 0) is 20.7 Å². The quantitative estimate of drug-likeness (QED) is 0.465. The van der Waals surface area contributed by atoms with Crippen LogP contribution in [0.4, 0.5) is 0 Å². The van der Waals surface area contributed by atoms with Gasteiger partial charge >= 0.3 is 5.97 Å². The van der Waals surface area contributed by atoms with Crippen LogP contribution in [0, 0.1) is 0 Å². The maximum atomic E-state index is 12.5. The molecule has 1 heterocycles. The molecule has 1 atom stereocenters. The minimum absolute atomic E-state index is 0.102. The lowest BCUT2D eigenvalue weighted by Crippen LogP contribution is -2.60. The van der Waals surface area contributed by atoms with E-state index < -0.39 is 12.0 Å². The molecule has 31 heavy (non-hydrogen) atoms. The number of amides is 2. The highest BCUT2D eigenvalue weighted by Crippen LogP contribution is 2.13. The Morgan fingerprint density at radius 1 is 1.16 bits per heavy atom. The average Bonchev–Trinajstić information content (AvgIpc) is 2.76. The van der Waals surface area contributed by atoms with Crippen LogP contribution in [0.5, 0.6) is 0 Å². The van der Waals surface area contributed by atoms with Crippen LogP contribution in [0.15, 0.2) is 59.1 Å². The van der Waals surface area contributed by atoms with Crippen LogP contribution in [0.2, 0.25) is 0 Å². The summed E-state index contributed by atoms with van der Waals surface area (Å²) in [4.78, 5) is 38.7. The monoisotopic (exact) mass is 503 g/mol. The van der Waals surface area contributed by atoms with Crippen molar-refractivity contribution in [1.29, 1.82) is 0 Å². The largest absolute Gasteiger partial charge is 0.465 e. The number of ether oxygens (including phenoxy) is 1. The van der Waals surface area contributed by atoms with Gasteiger partial charge in [0.2, 0.25) is 5.91 Å². The van der Waals surface area contributed by atoms with Crippen molar-refractivity contribution < 1.29 is 19.1 Å². The van der Waals surface area contributed by atoms with Crippen LogP contribution in [0.3, 0.4) is 0 Å². The minimum Gasteiger partial charge on any atom is -0.465 e. The third-order valence-electron chi connectivity index (χ3n) is 4.78. The van der Waals surface area contributed by atoms with Crippen LogP contribution < -0.4 is 10.6 Å². The van der Waals surface area contributed by atoms with E-state index in [1.165, 1.54) is 0 Å². The first kappa shape index (κ1) is 22.9. The van der Waals surface area contributed by atoms with Gasteiger partial charge < -0.3 is 15.0 Å². The third kappa shape index (κ3) is 6.60. The Bertz CT molecular complexity index is 953. The number of carbonyl (C=O) groups is 3. The Labute approximate surface area is 194 Å². The van der Waals surface area contributed by atoms with Crippen LogP contribution in [0.1, 0.15) is 22.3 Å². The predicted octanol–water partition coefficient (Wildman–Crippen LogP) is 2.44. The number of nitrogens with zero attached hydrogens (tertiary/aromatic N) is 1. The first-order chi connectivity index (χ1) is 14.9. The van der Waals surface area contributed by atoms with E-state index >= 15 is 0 Å². The zero-order chi connectivity index (χ0) is 22.2. The molecule has 9 heteroatoms. The molecule has 1 aliphatic heterocycles. The topological polar surface area (TPSA) is 87.7 Å². The Hall–Kier alpha value is -2.78. The summed E-state index contributed by atoms with van der Waals surface area (Å²) < 4.78 is 6.16. The van der Waals surface area contributed by atoms with Crippen molar-refractivity contribution in [2.45, 2.75) is 18.9 Å². The number of halogens is 1. The van der Waals surface area contributed by atoms with Gasteiger partial charge in [-0.15, -0.1) is 0 Å². The van der Waals surface area contributed by atoms with Gasteiger partial charge in [0, 0.05) is 29.5 Å². The van der Waals surface area contributed by atoms with Crippen molar-refractivity contribution in [2.24, 2.45) is 0 Å². The van der Waals surface area contributed by atoms with Crippen LogP contribution in [-0.4, -0.2) is 53.5 Å². The standard InChI is InChI=1S/C22H22BrN3O4S/c23-17-8-6-16(7-9-17)20(28)25-22(31)26-12-11-24-21(29)18(26)14-19(27)30-13-10-15-4-2-1-3-5-15/h1-9,18H,10-14H2,(H,24,29)(H,25,28,31). The van der Waals surface area contributed by atoms with Gasteiger partial charge in [-0.3, -0.25) is 19.7 Å². The van der Waals surface area contributed by atoms with Crippen molar-refractivity contribution in [2.75, 3.05) is 19.7 Å². The van der Waals surface area contributed by atoms with Gasteiger partial charge in [0.25, 0.3) is 5.91 Å². The van der Waals surface area contributed by atoms with Crippen molar-refractivity contribution >= 4 is 51.0 Å². The van der Waals surface area contributed by atoms with Gasteiger partial charge in [-0.2, -0.15) is 0 Å². The summed E-state index contributed by atoms with van der Waals surface area (Å²) in [5.41, 5.74) is 1.49. The van der Waals surface area contributed by atoms with E-state index in [0.29, 0.717) is 25.1 Å². The Morgan fingerprint density at radius 2 is 1.87 bits per heavy atom. The molecule has 1 fully saturated rings. The molecule has 3 rings (SSSR count). The summed E-state index contributed by atoms with van der Waals surface area (Å²) >= 11 is 8.69. The van der Waals surface area contributed by atoms with E-state index in [1.54, 1.807) is 29.2 Å². The second-order valence-corrected chi connectivity index (χ2v) is 8.23. The number of esters is 1. The molecule has 1 saturated heterocycles. The van der Waals surface area contributed by atoms with Gasteiger partial charge in [0.15, 0.2) is 5.11 Å². The highest BCUT2D eigenvalue weighted by molar-refractivity contribution is 9.10. The Balaban J connectivity index is 1.56. The van der Waals surface area contributed by atoms with Gasteiger partial charge in [-0.05, 0) is 42.0 Å². The van der Waals surface area contributed by atoms with Gasteiger partial charge in [0.1, 0.15) is 6.04 Å². The van der Waals surface area contributed by atoms with Crippen molar-refractivity contribution in [3.8, 4) is 0 Å². The number of nitrogens with one attached hydrogen (secondary N) is 2. The Kier molecular flexibility index (Phi) is 8.13. The second kappa shape index (κ2) is 11.0. The molecular weight excluding hydrogens is 482 g/mol. The lowest BCUT2D eigenvalue weighted by atomic mass is 10.1. The van der Waals surface area contributed by atoms with Crippen molar-refractivity contribution in [3.63, 3.8) is 0 Å². The maximum absolute atomic E-state index is 12.5. The molecule has 0 aromatic heterocycles. The smallest absolute Gasteiger partial charge is 0.308 e. The molecule has 0 spiro atoms. The zero-order valence-electron chi connectivity index (χ0n) is 16.7. The van der Waals surface area contributed by atoms with Crippen molar-refractivity contribution in [1.82, 2.24) is 15.5 Å². The fourth-order valence-electron chi connectivity index (χ4n) is 3.15. The molecule has 0 bridgehead atoms. The molecule has 7 nitrogen and oxygen atoms in total. The number of hydrogen-bond acceptors (Lipinski definition) is 5. The molecule has 0 radical (unpaired) electrons. The molecule has 2 N–H and O–H groups in total. The highest BCUT2D eigenvalue weighted by atomic mass is 79.9. The maximum Gasteiger partial charge on any atom is 0.308 e. The summed E-state index contributed by atoms with van der Waals surface area (Å²) in [5, 5.41) is 5.48. The molecule has 0 saturated carbocycles. The van der Waals surface area contributed by atoms with Gasteiger partial charge in [0.05, 0.1) is 13.0 Å². The highest BCUT2D eigenvalue weighted by Gasteiger charge is 2.34. The second-order valence-electron chi connectivity index (χ2n) is 6.93. The lowest BCUT2D eigenvalue weighted by molar-refractivity contribution is -0.147. The van der Waals surface area contributed by atoms with Gasteiger partial charge in [-0.25, -0.2) is 0 Å². The first-order valence-corrected chi connectivity index (χ1v) is 11.0. The number of thiocarbonyl (C=S) groups is 1. The fraction of sp³-hybridized carbons (Fsp3) is 0.273. The van der Waals surface area contributed by atoms with E-state index in [2.05, 4.69) is 26.6 Å². The number of piperazine rings is 1. The molecule has 1 aliphatic rings. The van der Waals surface area contributed by atoms with E-state index in [4.69, 9.17) is 17.0 Å². The van der Waals surface area contributed by atoms with E-state index in [1.807, 2.05) is 30.3 Å². The normalized spacial score (nSPS) is 15.7. The zero-order valence-corrected chi connectivity index (χ0v) is 19.1. The number of carbonyl (C=O) groups excluding carboxylic acids is 3. The number of rotatable bonds is 6. The summed E-state index contributed by atoms with van der Waals surface area (Å²) in [7, 11) is 0. The summed E-state index contributed by atoms with van der Waals surface area (Å²) in [6, 6.07) is 15.7. The average molecular weight is 504 g/mol. The van der Waals surface area contributed by atoms with E-state index in [0.717, 1.165) is 10.0 Å². The number of benzene rings is 2. The van der Waals surface area contributed by atoms with Crippen LogP contribution in [0.25, 0.3) is 0 Å². The molecular formula is C22H22BrN3O4S. The molecule has 0 aliphatic carbocycles. The molecule has 2 aromatic rings. The third-order valence-corrected chi connectivity index (χ3v) is 5.64. The number of hydrogen-bond donors (Lipinski definition) is 2.